The monoisotopic (exact) mass is 442 g/mol. The lowest BCUT2D eigenvalue weighted by Gasteiger charge is -2.11. The lowest BCUT2D eigenvalue weighted by molar-refractivity contribution is -0.117. The zero-order valence-corrected chi connectivity index (χ0v) is 18.3. The number of amides is 3. The molecule has 0 aliphatic rings. The number of hydrogen-bond acceptors (Lipinski definition) is 6. The molecule has 30 heavy (non-hydrogen) atoms. The molecular formula is C21H22N4O3S2. The van der Waals surface area contributed by atoms with Gasteiger partial charge in [0.25, 0.3) is 5.56 Å². The van der Waals surface area contributed by atoms with Crippen LogP contribution in [0.5, 0.6) is 0 Å². The molecule has 2 aromatic heterocycles. The van der Waals surface area contributed by atoms with Gasteiger partial charge in [0.05, 0.1) is 11.1 Å². The van der Waals surface area contributed by atoms with Crippen molar-refractivity contribution in [2.24, 2.45) is 0 Å². The van der Waals surface area contributed by atoms with Crippen molar-refractivity contribution in [3.8, 4) is 11.1 Å². The Hall–Kier alpha value is -2.91. The molecule has 3 rings (SSSR count). The lowest BCUT2D eigenvalue weighted by Crippen LogP contribution is -2.43. The van der Waals surface area contributed by atoms with Crippen LogP contribution >= 0.6 is 23.1 Å². The summed E-state index contributed by atoms with van der Waals surface area (Å²) in [5.74, 6) is -0.508. The molecule has 0 saturated heterocycles. The highest BCUT2D eigenvalue weighted by Crippen LogP contribution is 2.32. The number of thiophene rings is 1. The SMILES string of the molecule is C=CCn1c(SCC(=O)NC(=O)NC(C)C)nc2scc(-c3ccccc3)c2c1=O. The molecular weight excluding hydrogens is 420 g/mol. The maximum absolute atomic E-state index is 13.2. The van der Waals surface area contributed by atoms with E-state index >= 15 is 0 Å². The van der Waals surface area contributed by atoms with Crippen molar-refractivity contribution >= 4 is 45.3 Å². The summed E-state index contributed by atoms with van der Waals surface area (Å²) in [5.41, 5.74) is 1.61. The van der Waals surface area contributed by atoms with Gasteiger partial charge < -0.3 is 5.32 Å². The van der Waals surface area contributed by atoms with E-state index in [1.54, 1.807) is 19.9 Å². The summed E-state index contributed by atoms with van der Waals surface area (Å²) in [7, 11) is 0. The first-order valence-electron chi connectivity index (χ1n) is 9.32. The molecule has 2 N–H and O–H groups in total. The summed E-state index contributed by atoms with van der Waals surface area (Å²) >= 11 is 2.50. The molecule has 3 amide bonds. The van der Waals surface area contributed by atoms with Crippen LogP contribution in [0.1, 0.15) is 13.8 Å². The standard InChI is InChI=1S/C21H22N4O3S2/c1-4-10-25-19(27)17-15(14-8-6-5-7-9-14)11-29-18(17)24-21(25)30-12-16(26)23-20(28)22-13(2)3/h4-9,11,13H,1,10,12H2,2-3H3,(H2,22,23,26,28). The highest BCUT2D eigenvalue weighted by atomic mass is 32.2. The van der Waals surface area contributed by atoms with Crippen molar-refractivity contribution in [1.29, 1.82) is 0 Å². The number of imide groups is 1. The van der Waals surface area contributed by atoms with Crippen molar-refractivity contribution in [2.45, 2.75) is 31.6 Å². The molecule has 0 radical (unpaired) electrons. The molecule has 3 aromatic rings. The van der Waals surface area contributed by atoms with Gasteiger partial charge in [0.2, 0.25) is 5.91 Å². The lowest BCUT2D eigenvalue weighted by atomic mass is 10.1. The van der Waals surface area contributed by atoms with E-state index in [9.17, 15) is 14.4 Å². The van der Waals surface area contributed by atoms with Gasteiger partial charge >= 0.3 is 6.03 Å². The largest absolute Gasteiger partial charge is 0.336 e. The van der Waals surface area contributed by atoms with Crippen LogP contribution in [0.25, 0.3) is 21.3 Å². The van der Waals surface area contributed by atoms with Crippen molar-refractivity contribution in [1.82, 2.24) is 20.2 Å². The van der Waals surface area contributed by atoms with Gasteiger partial charge in [0.15, 0.2) is 5.16 Å². The molecule has 0 spiro atoms. The predicted octanol–water partition coefficient (Wildman–Crippen LogP) is 3.64. The van der Waals surface area contributed by atoms with Gasteiger partial charge in [-0.05, 0) is 19.4 Å². The van der Waals surface area contributed by atoms with Crippen LogP contribution in [-0.4, -0.2) is 33.3 Å². The fourth-order valence-corrected chi connectivity index (χ4v) is 4.62. The highest BCUT2D eigenvalue weighted by molar-refractivity contribution is 7.99. The molecule has 0 aliphatic carbocycles. The van der Waals surface area contributed by atoms with Crippen LogP contribution in [0.3, 0.4) is 0 Å². The number of nitrogens with zero attached hydrogens (tertiary/aromatic N) is 2. The second-order valence-electron chi connectivity index (χ2n) is 6.76. The number of benzene rings is 1. The predicted molar refractivity (Wildman–Crippen MR) is 122 cm³/mol. The Bertz CT molecular complexity index is 1140. The molecule has 9 heteroatoms. The number of carbonyl (C=O) groups is 2. The molecule has 0 aliphatic heterocycles. The third-order valence-corrected chi connectivity index (χ3v) is 5.91. The van der Waals surface area contributed by atoms with Gasteiger partial charge in [-0.25, -0.2) is 9.78 Å². The van der Waals surface area contributed by atoms with Crippen molar-refractivity contribution < 1.29 is 9.59 Å². The van der Waals surface area contributed by atoms with Crippen LogP contribution in [-0.2, 0) is 11.3 Å². The number of aromatic nitrogens is 2. The first kappa shape index (κ1) is 21.8. The Morgan fingerprint density at radius 2 is 2.03 bits per heavy atom. The average Bonchev–Trinajstić information content (AvgIpc) is 3.13. The third-order valence-electron chi connectivity index (χ3n) is 4.06. The summed E-state index contributed by atoms with van der Waals surface area (Å²) in [5, 5.41) is 7.75. The van der Waals surface area contributed by atoms with Crippen molar-refractivity contribution in [3.05, 3.63) is 58.7 Å². The molecule has 2 heterocycles. The molecule has 1 aromatic carbocycles. The summed E-state index contributed by atoms with van der Waals surface area (Å²) in [6.45, 7) is 7.59. The molecule has 0 unspecified atom stereocenters. The van der Waals surface area contributed by atoms with Crippen LogP contribution in [0.15, 0.2) is 58.3 Å². The number of nitrogens with one attached hydrogen (secondary N) is 2. The Kier molecular flexibility index (Phi) is 7.07. The molecule has 0 fully saturated rings. The van der Waals surface area contributed by atoms with E-state index in [0.29, 0.717) is 15.4 Å². The van der Waals surface area contributed by atoms with Gasteiger partial charge in [0, 0.05) is 23.5 Å². The molecule has 7 nitrogen and oxygen atoms in total. The maximum atomic E-state index is 13.2. The number of hydrogen-bond donors (Lipinski definition) is 2. The summed E-state index contributed by atoms with van der Waals surface area (Å²) < 4.78 is 1.50. The molecule has 0 saturated carbocycles. The number of urea groups is 1. The van der Waals surface area contributed by atoms with Crippen LogP contribution in [0, 0.1) is 0 Å². The maximum Gasteiger partial charge on any atom is 0.321 e. The minimum atomic E-state index is -0.548. The minimum absolute atomic E-state index is 0.0441. The fraction of sp³-hybridized carbons (Fsp3) is 0.238. The van der Waals surface area contributed by atoms with Crippen LogP contribution < -0.4 is 16.2 Å². The van der Waals surface area contributed by atoms with E-state index in [-0.39, 0.29) is 23.9 Å². The number of carbonyl (C=O) groups excluding carboxylic acids is 2. The van der Waals surface area contributed by atoms with E-state index in [1.165, 1.54) is 15.9 Å². The third kappa shape index (κ3) is 4.98. The zero-order valence-electron chi connectivity index (χ0n) is 16.7. The first-order chi connectivity index (χ1) is 14.4. The minimum Gasteiger partial charge on any atom is -0.336 e. The summed E-state index contributed by atoms with van der Waals surface area (Å²) in [6, 6.07) is 9.05. The Balaban J connectivity index is 1.89. The Morgan fingerprint density at radius 1 is 1.30 bits per heavy atom. The Morgan fingerprint density at radius 3 is 2.70 bits per heavy atom. The summed E-state index contributed by atoms with van der Waals surface area (Å²) in [4.78, 5) is 42.2. The normalized spacial score (nSPS) is 10.9. The van der Waals surface area contributed by atoms with Gasteiger partial charge in [0.1, 0.15) is 4.83 Å². The van der Waals surface area contributed by atoms with E-state index in [0.717, 1.165) is 22.9 Å². The van der Waals surface area contributed by atoms with Crippen LogP contribution in [0.4, 0.5) is 4.79 Å². The Labute approximate surface area is 182 Å². The second kappa shape index (κ2) is 9.73. The number of fused-ring (bicyclic) bond motifs is 1. The number of thioether (sulfide) groups is 1. The number of rotatable bonds is 7. The van der Waals surface area contributed by atoms with E-state index in [1.807, 2.05) is 35.7 Å². The summed E-state index contributed by atoms with van der Waals surface area (Å²) in [6.07, 6.45) is 1.61. The topological polar surface area (TPSA) is 93.1 Å². The van der Waals surface area contributed by atoms with Gasteiger partial charge in [-0.15, -0.1) is 17.9 Å². The molecule has 0 atom stereocenters. The van der Waals surface area contributed by atoms with E-state index < -0.39 is 11.9 Å². The fourth-order valence-electron chi connectivity index (χ4n) is 2.83. The smallest absolute Gasteiger partial charge is 0.321 e. The van der Waals surface area contributed by atoms with E-state index in [2.05, 4.69) is 22.2 Å². The average molecular weight is 443 g/mol. The molecule has 0 bridgehead atoms. The van der Waals surface area contributed by atoms with Crippen LogP contribution in [0.2, 0.25) is 0 Å². The highest BCUT2D eigenvalue weighted by Gasteiger charge is 2.18. The van der Waals surface area contributed by atoms with Crippen molar-refractivity contribution in [3.63, 3.8) is 0 Å². The second-order valence-corrected chi connectivity index (χ2v) is 8.56. The van der Waals surface area contributed by atoms with Gasteiger partial charge in [-0.3, -0.25) is 19.5 Å². The van der Waals surface area contributed by atoms with E-state index in [4.69, 9.17) is 0 Å². The molecule has 156 valence electrons. The zero-order chi connectivity index (χ0) is 21.7. The quantitative estimate of drug-likeness (QED) is 0.331. The van der Waals surface area contributed by atoms with Crippen molar-refractivity contribution in [2.75, 3.05) is 5.75 Å². The van der Waals surface area contributed by atoms with Gasteiger partial charge in [-0.2, -0.15) is 0 Å². The first-order valence-corrected chi connectivity index (χ1v) is 11.2. The van der Waals surface area contributed by atoms with Gasteiger partial charge in [-0.1, -0.05) is 48.2 Å². The number of allylic oxidation sites excluding steroid dienone is 1.